The van der Waals surface area contributed by atoms with Gasteiger partial charge in [0.05, 0.1) is 5.69 Å². The molecule has 5 nitrogen and oxygen atoms in total. The second kappa shape index (κ2) is 7.15. The largest absolute Gasteiger partial charge is 0.399 e. The monoisotopic (exact) mass is 282 g/mol. The van der Waals surface area contributed by atoms with Gasteiger partial charge in [-0.3, -0.25) is 4.79 Å². The average molecular weight is 282 g/mol. The molecule has 0 saturated carbocycles. The first kappa shape index (κ1) is 14.7. The predicted molar refractivity (Wildman–Crippen MR) is 83.0 cm³/mol. The lowest BCUT2D eigenvalue weighted by atomic mass is 10.2. The number of anilines is 1. The SMILES string of the molecule is C#CCCCCNC(=O)c1ccn(-c2ccc(N)cc2)n1. The first-order valence-corrected chi connectivity index (χ1v) is 6.84. The van der Waals surface area contributed by atoms with Crippen LogP contribution >= 0.6 is 0 Å². The lowest BCUT2D eigenvalue weighted by Gasteiger charge is -2.03. The molecule has 21 heavy (non-hydrogen) atoms. The van der Waals surface area contributed by atoms with Gasteiger partial charge in [-0.15, -0.1) is 12.3 Å². The minimum atomic E-state index is -0.176. The Morgan fingerprint density at radius 1 is 1.29 bits per heavy atom. The van der Waals surface area contributed by atoms with Gasteiger partial charge in [-0.05, 0) is 43.2 Å². The summed E-state index contributed by atoms with van der Waals surface area (Å²) in [6, 6.07) is 8.98. The molecule has 0 bridgehead atoms. The van der Waals surface area contributed by atoms with Crippen LogP contribution in [0.15, 0.2) is 36.5 Å². The topological polar surface area (TPSA) is 72.9 Å². The van der Waals surface area contributed by atoms with Crippen LogP contribution in [0.2, 0.25) is 0 Å². The third kappa shape index (κ3) is 4.11. The molecule has 3 N–H and O–H groups in total. The number of carbonyl (C=O) groups excluding carboxylic acids is 1. The van der Waals surface area contributed by atoms with E-state index in [-0.39, 0.29) is 5.91 Å². The van der Waals surface area contributed by atoms with Gasteiger partial charge in [0, 0.05) is 24.8 Å². The summed E-state index contributed by atoms with van der Waals surface area (Å²) in [4.78, 5) is 11.9. The van der Waals surface area contributed by atoms with Crippen molar-refractivity contribution in [3.05, 3.63) is 42.2 Å². The molecule has 1 heterocycles. The minimum absolute atomic E-state index is 0.176. The summed E-state index contributed by atoms with van der Waals surface area (Å²) in [6.45, 7) is 0.606. The van der Waals surface area contributed by atoms with Gasteiger partial charge >= 0.3 is 0 Å². The standard InChI is InChI=1S/C16H18N4O/c1-2-3-4-5-11-18-16(21)15-10-12-20(19-15)14-8-6-13(17)7-9-14/h1,6-10,12H,3-5,11,17H2,(H,18,21). The molecule has 108 valence electrons. The number of hydrogen-bond acceptors (Lipinski definition) is 3. The lowest BCUT2D eigenvalue weighted by molar-refractivity contribution is 0.0947. The molecule has 0 aliphatic rings. The van der Waals surface area contributed by atoms with E-state index < -0.39 is 0 Å². The van der Waals surface area contributed by atoms with Crippen LogP contribution < -0.4 is 11.1 Å². The summed E-state index contributed by atoms with van der Waals surface area (Å²) in [6.07, 6.45) is 9.44. The summed E-state index contributed by atoms with van der Waals surface area (Å²) in [5.41, 5.74) is 7.58. The van der Waals surface area contributed by atoms with E-state index in [1.807, 2.05) is 12.1 Å². The zero-order valence-electron chi connectivity index (χ0n) is 11.7. The number of unbranched alkanes of at least 4 members (excludes halogenated alkanes) is 2. The van der Waals surface area contributed by atoms with Gasteiger partial charge in [0.25, 0.3) is 5.91 Å². The van der Waals surface area contributed by atoms with Crippen molar-refractivity contribution in [3.63, 3.8) is 0 Å². The Balaban J connectivity index is 1.92. The van der Waals surface area contributed by atoms with E-state index in [2.05, 4.69) is 16.3 Å². The van der Waals surface area contributed by atoms with Crippen LogP contribution in [0.3, 0.4) is 0 Å². The number of hydrogen-bond donors (Lipinski definition) is 2. The van der Waals surface area contributed by atoms with Crippen molar-refractivity contribution in [1.29, 1.82) is 0 Å². The number of nitrogens with one attached hydrogen (secondary N) is 1. The van der Waals surface area contributed by atoms with Crippen LogP contribution in [0.4, 0.5) is 5.69 Å². The maximum atomic E-state index is 11.9. The van der Waals surface area contributed by atoms with Gasteiger partial charge in [-0.1, -0.05) is 0 Å². The summed E-state index contributed by atoms with van der Waals surface area (Å²) < 4.78 is 1.65. The van der Waals surface area contributed by atoms with Crippen molar-refractivity contribution in [2.45, 2.75) is 19.3 Å². The molecule has 1 aromatic carbocycles. The maximum absolute atomic E-state index is 11.9. The van der Waals surface area contributed by atoms with E-state index in [0.29, 0.717) is 17.9 Å². The highest BCUT2D eigenvalue weighted by molar-refractivity contribution is 5.92. The minimum Gasteiger partial charge on any atom is -0.399 e. The highest BCUT2D eigenvalue weighted by Crippen LogP contribution is 2.10. The number of rotatable bonds is 6. The predicted octanol–water partition coefficient (Wildman–Crippen LogP) is 1.99. The van der Waals surface area contributed by atoms with Crippen LogP contribution in [-0.4, -0.2) is 22.2 Å². The van der Waals surface area contributed by atoms with Crippen molar-refractivity contribution in [3.8, 4) is 18.0 Å². The second-order valence-corrected chi connectivity index (χ2v) is 4.65. The Hall–Kier alpha value is -2.74. The number of aromatic nitrogens is 2. The van der Waals surface area contributed by atoms with E-state index >= 15 is 0 Å². The Bertz CT molecular complexity index is 637. The van der Waals surface area contributed by atoms with E-state index in [1.165, 1.54) is 0 Å². The molecule has 2 aromatic rings. The van der Waals surface area contributed by atoms with Crippen molar-refractivity contribution in [2.24, 2.45) is 0 Å². The molecule has 1 amide bonds. The quantitative estimate of drug-likeness (QED) is 0.483. The van der Waals surface area contributed by atoms with Gasteiger partial charge in [0.15, 0.2) is 5.69 Å². The summed E-state index contributed by atoms with van der Waals surface area (Å²) >= 11 is 0. The van der Waals surface area contributed by atoms with E-state index in [9.17, 15) is 4.79 Å². The molecule has 0 fully saturated rings. The van der Waals surface area contributed by atoms with Crippen LogP contribution in [0.5, 0.6) is 0 Å². The van der Waals surface area contributed by atoms with Crippen LogP contribution in [0.25, 0.3) is 5.69 Å². The fourth-order valence-electron chi connectivity index (χ4n) is 1.86. The van der Waals surface area contributed by atoms with Crippen molar-refractivity contribution in [2.75, 3.05) is 12.3 Å². The Labute approximate surface area is 124 Å². The number of nitrogen functional groups attached to an aromatic ring is 1. The van der Waals surface area contributed by atoms with Gasteiger partial charge in [0.1, 0.15) is 0 Å². The second-order valence-electron chi connectivity index (χ2n) is 4.65. The number of amides is 1. The number of carbonyl (C=O) groups is 1. The van der Waals surface area contributed by atoms with E-state index in [4.69, 9.17) is 12.2 Å². The van der Waals surface area contributed by atoms with Gasteiger partial charge in [-0.2, -0.15) is 5.10 Å². The highest BCUT2D eigenvalue weighted by atomic mass is 16.1. The molecule has 0 aliphatic carbocycles. The molecule has 0 saturated heterocycles. The molecule has 0 spiro atoms. The zero-order valence-corrected chi connectivity index (χ0v) is 11.7. The van der Waals surface area contributed by atoms with E-state index in [1.54, 1.807) is 29.1 Å². The van der Waals surface area contributed by atoms with Crippen LogP contribution in [-0.2, 0) is 0 Å². The number of nitrogens with zero attached hydrogens (tertiary/aromatic N) is 2. The van der Waals surface area contributed by atoms with Crippen molar-refractivity contribution in [1.82, 2.24) is 15.1 Å². The van der Waals surface area contributed by atoms with Gasteiger partial charge in [-0.25, -0.2) is 4.68 Å². The Morgan fingerprint density at radius 2 is 2.05 bits per heavy atom. The van der Waals surface area contributed by atoms with Gasteiger partial charge in [0.2, 0.25) is 0 Å². The molecule has 5 heteroatoms. The fraction of sp³-hybridized carbons (Fsp3) is 0.250. The molecular weight excluding hydrogens is 264 g/mol. The van der Waals surface area contributed by atoms with Crippen molar-refractivity contribution < 1.29 is 4.79 Å². The van der Waals surface area contributed by atoms with Crippen LogP contribution in [0.1, 0.15) is 29.8 Å². The lowest BCUT2D eigenvalue weighted by Crippen LogP contribution is -2.25. The molecule has 0 radical (unpaired) electrons. The summed E-state index contributed by atoms with van der Waals surface area (Å²) in [7, 11) is 0. The Morgan fingerprint density at radius 3 is 2.76 bits per heavy atom. The molecule has 0 atom stereocenters. The molecular formula is C16H18N4O. The third-order valence-corrected chi connectivity index (χ3v) is 3.01. The Kier molecular flexibility index (Phi) is 4.99. The molecule has 1 aromatic heterocycles. The third-order valence-electron chi connectivity index (χ3n) is 3.01. The number of nitrogens with two attached hydrogens (primary N) is 1. The van der Waals surface area contributed by atoms with Crippen molar-refractivity contribution >= 4 is 11.6 Å². The maximum Gasteiger partial charge on any atom is 0.271 e. The van der Waals surface area contributed by atoms with Gasteiger partial charge < -0.3 is 11.1 Å². The highest BCUT2D eigenvalue weighted by Gasteiger charge is 2.09. The first-order valence-electron chi connectivity index (χ1n) is 6.84. The number of terminal acetylenes is 1. The average Bonchev–Trinajstić information content (AvgIpc) is 2.97. The molecule has 2 rings (SSSR count). The fourth-order valence-corrected chi connectivity index (χ4v) is 1.86. The first-order chi connectivity index (χ1) is 10.2. The number of benzene rings is 1. The summed E-state index contributed by atoms with van der Waals surface area (Å²) in [5.74, 6) is 2.40. The molecule has 0 unspecified atom stereocenters. The normalized spacial score (nSPS) is 10.0. The van der Waals surface area contributed by atoms with E-state index in [0.717, 1.165) is 24.9 Å². The zero-order chi connectivity index (χ0) is 15.1. The smallest absolute Gasteiger partial charge is 0.271 e. The molecule has 0 aliphatic heterocycles. The van der Waals surface area contributed by atoms with Crippen LogP contribution in [0, 0.1) is 12.3 Å². The summed E-state index contributed by atoms with van der Waals surface area (Å²) in [5, 5.41) is 7.09.